The van der Waals surface area contributed by atoms with Gasteiger partial charge in [0.05, 0.1) is 24.4 Å². The van der Waals surface area contributed by atoms with Crippen LogP contribution in [0.3, 0.4) is 0 Å². The van der Waals surface area contributed by atoms with Crippen molar-refractivity contribution in [2.24, 2.45) is 11.8 Å². The molecule has 1 rings (SSSR count). The molecule has 0 aliphatic heterocycles. The third kappa shape index (κ3) is 8.77. The van der Waals surface area contributed by atoms with Crippen LogP contribution in [0.25, 0.3) is 0 Å². The number of hydrogen-bond donors (Lipinski definition) is 3. The van der Waals surface area contributed by atoms with Crippen LogP contribution in [0.1, 0.15) is 59.8 Å². The van der Waals surface area contributed by atoms with E-state index in [1.54, 1.807) is 0 Å². The lowest BCUT2D eigenvalue weighted by molar-refractivity contribution is -0.0301. The van der Waals surface area contributed by atoms with E-state index in [9.17, 15) is 10.2 Å². The van der Waals surface area contributed by atoms with Crippen molar-refractivity contribution >= 4 is 0 Å². The molecule has 0 heterocycles. The van der Waals surface area contributed by atoms with Crippen LogP contribution < -0.4 is 5.32 Å². The smallest absolute Gasteiger partial charge is 0.0897 e. The molecule has 3 N–H and O–H groups in total. The predicted molar refractivity (Wildman–Crippen MR) is 86.3 cm³/mol. The van der Waals surface area contributed by atoms with Gasteiger partial charge in [-0.1, -0.05) is 20.8 Å². The minimum atomic E-state index is -0.714. The van der Waals surface area contributed by atoms with Crippen LogP contribution in [0.4, 0.5) is 0 Å². The van der Waals surface area contributed by atoms with Gasteiger partial charge in [-0.15, -0.1) is 0 Å². The third-order valence-corrected chi connectivity index (χ3v) is 4.22. The largest absolute Gasteiger partial charge is 0.389 e. The fraction of sp³-hybridized carbons (Fsp3) is 1.00. The van der Waals surface area contributed by atoms with Crippen molar-refractivity contribution < 1.29 is 14.9 Å². The number of aliphatic hydroxyl groups is 2. The second kappa shape index (κ2) is 9.09. The van der Waals surface area contributed by atoms with E-state index in [0.29, 0.717) is 31.7 Å². The summed E-state index contributed by atoms with van der Waals surface area (Å²) in [5.41, 5.74) is -0.714. The summed E-state index contributed by atoms with van der Waals surface area (Å²) in [6.45, 7) is 9.69. The van der Waals surface area contributed by atoms with Gasteiger partial charge >= 0.3 is 0 Å². The van der Waals surface area contributed by atoms with E-state index in [1.807, 2.05) is 6.92 Å². The van der Waals surface area contributed by atoms with Crippen LogP contribution in [0, 0.1) is 11.8 Å². The second-order valence-electron chi connectivity index (χ2n) is 7.59. The predicted octanol–water partition coefficient (Wildman–Crippen LogP) is 2.33. The molecule has 1 saturated carbocycles. The van der Waals surface area contributed by atoms with Gasteiger partial charge in [-0.25, -0.2) is 0 Å². The molecule has 4 heteroatoms. The molecule has 0 aromatic rings. The molecule has 126 valence electrons. The highest BCUT2D eigenvalue weighted by Gasteiger charge is 2.22. The van der Waals surface area contributed by atoms with Crippen LogP contribution in [0.5, 0.6) is 0 Å². The lowest BCUT2D eigenvalue weighted by Crippen LogP contribution is -2.42. The van der Waals surface area contributed by atoms with E-state index in [1.165, 1.54) is 12.8 Å². The molecule has 1 aliphatic carbocycles. The zero-order chi connectivity index (χ0) is 15.9. The fourth-order valence-electron chi connectivity index (χ4n) is 3.16. The van der Waals surface area contributed by atoms with Crippen molar-refractivity contribution in [1.29, 1.82) is 0 Å². The molecule has 1 aliphatic rings. The minimum absolute atomic E-state index is 0.319. The monoisotopic (exact) mass is 301 g/mol. The quantitative estimate of drug-likeness (QED) is 0.612. The molecule has 0 bridgehead atoms. The highest BCUT2D eigenvalue weighted by atomic mass is 16.5. The highest BCUT2D eigenvalue weighted by Crippen LogP contribution is 2.25. The number of nitrogens with one attached hydrogen (secondary N) is 1. The summed E-state index contributed by atoms with van der Waals surface area (Å²) in [7, 11) is 0. The summed E-state index contributed by atoms with van der Waals surface area (Å²) in [4.78, 5) is 0. The van der Waals surface area contributed by atoms with E-state index in [2.05, 4.69) is 26.1 Å². The zero-order valence-electron chi connectivity index (χ0n) is 14.3. The Morgan fingerprint density at radius 1 is 1.24 bits per heavy atom. The number of hydrogen-bond acceptors (Lipinski definition) is 4. The van der Waals surface area contributed by atoms with E-state index >= 15 is 0 Å². The summed E-state index contributed by atoms with van der Waals surface area (Å²) in [6.07, 6.45) is 5.27. The molecule has 1 fully saturated rings. The SMILES string of the molecule is CC(C)CC(C)(O)CNCC(O)COC1CCC(C)CC1. The van der Waals surface area contributed by atoms with Crippen LogP contribution in [0.15, 0.2) is 0 Å². The van der Waals surface area contributed by atoms with Gasteiger partial charge in [-0.05, 0) is 50.9 Å². The Labute approximate surface area is 130 Å². The van der Waals surface area contributed by atoms with Gasteiger partial charge in [0.1, 0.15) is 0 Å². The zero-order valence-corrected chi connectivity index (χ0v) is 14.3. The molecule has 4 nitrogen and oxygen atoms in total. The summed E-state index contributed by atoms with van der Waals surface area (Å²) in [5, 5.41) is 23.3. The van der Waals surface area contributed by atoms with Crippen LogP contribution >= 0.6 is 0 Å². The van der Waals surface area contributed by atoms with Gasteiger partial charge < -0.3 is 20.3 Å². The van der Waals surface area contributed by atoms with Crippen molar-refractivity contribution in [2.45, 2.75) is 77.6 Å². The van der Waals surface area contributed by atoms with Crippen LogP contribution in [-0.4, -0.2) is 47.7 Å². The molecule has 0 aromatic carbocycles. The van der Waals surface area contributed by atoms with Crippen molar-refractivity contribution in [2.75, 3.05) is 19.7 Å². The van der Waals surface area contributed by atoms with E-state index in [-0.39, 0.29) is 0 Å². The maximum Gasteiger partial charge on any atom is 0.0897 e. The van der Waals surface area contributed by atoms with E-state index in [0.717, 1.165) is 25.2 Å². The first-order chi connectivity index (χ1) is 9.78. The van der Waals surface area contributed by atoms with Gasteiger partial charge in [-0.2, -0.15) is 0 Å². The van der Waals surface area contributed by atoms with E-state index in [4.69, 9.17) is 4.74 Å². The summed E-state index contributed by atoms with van der Waals surface area (Å²) in [6, 6.07) is 0. The molecule has 0 amide bonds. The first-order valence-corrected chi connectivity index (χ1v) is 8.51. The lowest BCUT2D eigenvalue weighted by atomic mass is 9.89. The van der Waals surface area contributed by atoms with Crippen molar-refractivity contribution in [3.05, 3.63) is 0 Å². The average molecular weight is 301 g/mol. The summed E-state index contributed by atoms with van der Waals surface area (Å²) in [5.74, 6) is 1.28. The maximum atomic E-state index is 10.2. The van der Waals surface area contributed by atoms with Gasteiger partial charge in [0.15, 0.2) is 0 Å². The first-order valence-electron chi connectivity index (χ1n) is 8.51. The Morgan fingerprint density at radius 3 is 2.43 bits per heavy atom. The molecule has 0 spiro atoms. The van der Waals surface area contributed by atoms with Crippen LogP contribution in [0.2, 0.25) is 0 Å². The van der Waals surface area contributed by atoms with Gasteiger partial charge in [0.25, 0.3) is 0 Å². The Morgan fingerprint density at radius 2 is 1.86 bits per heavy atom. The Bertz CT molecular complexity index is 273. The van der Waals surface area contributed by atoms with Gasteiger partial charge in [0, 0.05) is 13.1 Å². The topological polar surface area (TPSA) is 61.7 Å². The third-order valence-electron chi connectivity index (χ3n) is 4.22. The normalized spacial score (nSPS) is 27.6. The molecule has 21 heavy (non-hydrogen) atoms. The maximum absolute atomic E-state index is 10.2. The summed E-state index contributed by atoms with van der Waals surface area (Å²) < 4.78 is 5.79. The van der Waals surface area contributed by atoms with Crippen molar-refractivity contribution in [1.82, 2.24) is 5.32 Å². The first kappa shape index (κ1) is 18.9. The van der Waals surface area contributed by atoms with Crippen molar-refractivity contribution in [3.8, 4) is 0 Å². The lowest BCUT2D eigenvalue weighted by Gasteiger charge is -2.28. The molecular weight excluding hydrogens is 266 g/mol. The van der Waals surface area contributed by atoms with Gasteiger partial charge in [0.2, 0.25) is 0 Å². The molecule has 0 radical (unpaired) electrons. The number of rotatable bonds is 9. The number of ether oxygens (including phenoxy) is 1. The van der Waals surface area contributed by atoms with Gasteiger partial charge in [-0.3, -0.25) is 0 Å². The molecule has 2 atom stereocenters. The Kier molecular flexibility index (Phi) is 8.17. The standard InChI is InChI=1S/C17H35NO3/c1-13(2)9-17(4,20)12-18-10-15(19)11-21-16-7-5-14(3)6-8-16/h13-16,18-20H,5-12H2,1-4H3. The molecule has 0 saturated heterocycles. The summed E-state index contributed by atoms with van der Waals surface area (Å²) >= 11 is 0. The van der Waals surface area contributed by atoms with E-state index < -0.39 is 11.7 Å². The Balaban J connectivity index is 2.09. The molecule has 0 aromatic heterocycles. The molecule has 2 unspecified atom stereocenters. The molecular formula is C17H35NO3. The average Bonchev–Trinajstić information content (AvgIpc) is 2.36. The van der Waals surface area contributed by atoms with Crippen LogP contribution in [-0.2, 0) is 4.74 Å². The van der Waals surface area contributed by atoms with Crippen molar-refractivity contribution in [3.63, 3.8) is 0 Å². The minimum Gasteiger partial charge on any atom is -0.389 e. The fourth-order valence-corrected chi connectivity index (χ4v) is 3.16. The second-order valence-corrected chi connectivity index (χ2v) is 7.59. The highest BCUT2D eigenvalue weighted by molar-refractivity contribution is 4.77. The Hall–Kier alpha value is -0.160. The number of aliphatic hydroxyl groups excluding tert-OH is 1.